The Kier molecular flexibility index (Phi) is 5.73. The molecule has 0 aromatic carbocycles. The number of hydrogen-bond donors (Lipinski definition) is 1. The number of carbonyl (C=O) groups is 1. The van der Waals surface area contributed by atoms with Gasteiger partial charge in [0.05, 0.1) is 12.8 Å². The highest BCUT2D eigenvalue weighted by molar-refractivity contribution is 5.74. The van der Waals surface area contributed by atoms with Crippen LogP contribution >= 0.6 is 0 Å². The summed E-state index contributed by atoms with van der Waals surface area (Å²) in [5.41, 5.74) is 1.23. The fraction of sp³-hybridized carbons (Fsp3) is 0.765. The van der Waals surface area contributed by atoms with E-state index in [-0.39, 0.29) is 6.03 Å². The highest BCUT2D eigenvalue weighted by Gasteiger charge is 2.29. The van der Waals surface area contributed by atoms with Gasteiger partial charge in [0, 0.05) is 58.5 Å². The van der Waals surface area contributed by atoms with Crippen LogP contribution in [0.15, 0.2) is 12.4 Å². The lowest BCUT2D eigenvalue weighted by Gasteiger charge is -2.25. The average Bonchev–Trinajstić information content (AvgIpc) is 3.30. The van der Waals surface area contributed by atoms with E-state index in [9.17, 15) is 4.79 Å². The van der Waals surface area contributed by atoms with Crippen molar-refractivity contribution >= 4 is 6.03 Å². The second-order valence-corrected chi connectivity index (χ2v) is 6.89. The summed E-state index contributed by atoms with van der Waals surface area (Å²) in [6.07, 6.45) is 7.35. The number of amides is 2. The lowest BCUT2D eigenvalue weighted by molar-refractivity contribution is 0.139. The van der Waals surface area contributed by atoms with E-state index in [1.807, 2.05) is 22.8 Å². The van der Waals surface area contributed by atoms with Gasteiger partial charge < -0.3 is 15.0 Å². The number of methoxy groups -OCH3 is 1. The molecule has 134 valence electrons. The van der Waals surface area contributed by atoms with Crippen LogP contribution in [0.4, 0.5) is 4.79 Å². The molecular formula is C17H29N5O2. The van der Waals surface area contributed by atoms with Gasteiger partial charge in [0.1, 0.15) is 0 Å². The molecule has 0 spiro atoms. The second-order valence-electron chi connectivity index (χ2n) is 6.89. The number of aromatic nitrogens is 2. The molecule has 0 bridgehead atoms. The SMILES string of the molecule is COCCN1CCCC1CNC(=O)N1CCC(c2cnn(C)c2)C1. The summed E-state index contributed by atoms with van der Waals surface area (Å²) < 4.78 is 7.00. The summed E-state index contributed by atoms with van der Waals surface area (Å²) in [4.78, 5) is 16.8. The Hall–Kier alpha value is -1.60. The average molecular weight is 335 g/mol. The molecule has 2 fully saturated rings. The van der Waals surface area contributed by atoms with Gasteiger partial charge in [-0.05, 0) is 31.4 Å². The molecule has 2 aliphatic rings. The maximum atomic E-state index is 12.5. The van der Waals surface area contributed by atoms with Gasteiger partial charge in [-0.2, -0.15) is 5.10 Å². The van der Waals surface area contributed by atoms with Crippen molar-refractivity contribution in [3.8, 4) is 0 Å². The van der Waals surface area contributed by atoms with Gasteiger partial charge in [0.25, 0.3) is 0 Å². The predicted octanol–water partition coefficient (Wildman–Crippen LogP) is 1.03. The van der Waals surface area contributed by atoms with Crippen LogP contribution in [-0.2, 0) is 11.8 Å². The third kappa shape index (κ3) is 4.08. The topological polar surface area (TPSA) is 62.6 Å². The predicted molar refractivity (Wildman–Crippen MR) is 92.0 cm³/mol. The van der Waals surface area contributed by atoms with Crippen molar-refractivity contribution in [2.24, 2.45) is 7.05 Å². The number of ether oxygens (including phenoxy) is 1. The third-order valence-corrected chi connectivity index (χ3v) is 5.24. The number of aryl methyl sites for hydroxylation is 1. The van der Waals surface area contributed by atoms with Gasteiger partial charge in [-0.3, -0.25) is 9.58 Å². The molecule has 2 aliphatic heterocycles. The van der Waals surface area contributed by atoms with Gasteiger partial charge >= 0.3 is 6.03 Å². The molecule has 3 heterocycles. The van der Waals surface area contributed by atoms with E-state index in [2.05, 4.69) is 21.5 Å². The number of nitrogens with zero attached hydrogens (tertiary/aromatic N) is 4. The number of hydrogen-bond acceptors (Lipinski definition) is 4. The molecule has 2 amide bonds. The van der Waals surface area contributed by atoms with Crippen molar-refractivity contribution in [1.29, 1.82) is 0 Å². The standard InChI is InChI=1S/C17H29N5O2/c1-20-12-15(10-19-20)14-5-7-22(13-14)17(23)18-11-16-4-3-6-21(16)8-9-24-2/h10,12,14,16H,3-9,11,13H2,1-2H3,(H,18,23). The van der Waals surface area contributed by atoms with Crippen molar-refractivity contribution in [2.75, 3.05) is 46.4 Å². The van der Waals surface area contributed by atoms with Gasteiger partial charge in [0.2, 0.25) is 0 Å². The first kappa shape index (κ1) is 17.2. The Balaban J connectivity index is 1.44. The van der Waals surface area contributed by atoms with E-state index in [4.69, 9.17) is 4.74 Å². The third-order valence-electron chi connectivity index (χ3n) is 5.24. The zero-order valence-electron chi connectivity index (χ0n) is 14.8. The smallest absolute Gasteiger partial charge is 0.317 e. The van der Waals surface area contributed by atoms with Crippen LogP contribution in [0, 0.1) is 0 Å². The summed E-state index contributed by atoms with van der Waals surface area (Å²) in [6.45, 7) is 5.15. The van der Waals surface area contributed by atoms with E-state index >= 15 is 0 Å². The summed E-state index contributed by atoms with van der Waals surface area (Å²) >= 11 is 0. The number of likely N-dealkylation sites (tertiary alicyclic amines) is 2. The molecule has 3 rings (SSSR count). The van der Waals surface area contributed by atoms with Crippen LogP contribution in [-0.4, -0.2) is 78.1 Å². The zero-order chi connectivity index (χ0) is 16.9. The summed E-state index contributed by atoms with van der Waals surface area (Å²) in [7, 11) is 3.67. The molecule has 0 saturated carbocycles. The summed E-state index contributed by atoms with van der Waals surface area (Å²) in [5.74, 6) is 0.411. The highest BCUT2D eigenvalue weighted by atomic mass is 16.5. The van der Waals surface area contributed by atoms with Crippen LogP contribution in [0.25, 0.3) is 0 Å². The minimum atomic E-state index is 0.0694. The van der Waals surface area contributed by atoms with Crippen LogP contribution in [0.2, 0.25) is 0 Å². The van der Waals surface area contributed by atoms with Crippen molar-refractivity contribution in [2.45, 2.75) is 31.2 Å². The van der Waals surface area contributed by atoms with Crippen LogP contribution in [0.5, 0.6) is 0 Å². The maximum absolute atomic E-state index is 12.5. The minimum Gasteiger partial charge on any atom is -0.383 e. The van der Waals surface area contributed by atoms with E-state index in [1.165, 1.54) is 12.0 Å². The number of rotatable bonds is 6. The normalized spacial score (nSPS) is 24.7. The zero-order valence-corrected chi connectivity index (χ0v) is 14.8. The van der Waals surface area contributed by atoms with Crippen LogP contribution in [0.1, 0.15) is 30.7 Å². The van der Waals surface area contributed by atoms with E-state index < -0.39 is 0 Å². The second kappa shape index (κ2) is 7.98. The van der Waals surface area contributed by atoms with E-state index in [0.717, 1.165) is 52.2 Å². The fourth-order valence-corrected chi connectivity index (χ4v) is 3.81. The molecular weight excluding hydrogens is 306 g/mol. The van der Waals surface area contributed by atoms with Gasteiger partial charge in [-0.15, -0.1) is 0 Å². The lowest BCUT2D eigenvalue weighted by atomic mass is 10.0. The Labute approximate surface area is 143 Å². The van der Waals surface area contributed by atoms with E-state index in [0.29, 0.717) is 12.0 Å². The van der Waals surface area contributed by atoms with Crippen molar-refractivity contribution in [3.05, 3.63) is 18.0 Å². The summed E-state index contributed by atoms with van der Waals surface area (Å²) in [6, 6.07) is 0.515. The molecule has 1 N–H and O–H groups in total. The molecule has 0 radical (unpaired) electrons. The summed E-state index contributed by atoms with van der Waals surface area (Å²) in [5, 5.41) is 7.37. The van der Waals surface area contributed by atoms with Crippen molar-refractivity contribution < 1.29 is 9.53 Å². The lowest BCUT2D eigenvalue weighted by Crippen LogP contribution is -2.45. The molecule has 2 unspecified atom stereocenters. The van der Waals surface area contributed by atoms with Crippen LogP contribution < -0.4 is 5.32 Å². The highest BCUT2D eigenvalue weighted by Crippen LogP contribution is 2.26. The molecule has 1 aromatic rings. The molecule has 24 heavy (non-hydrogen) atoms. The quantitative estimate of drug-likeness (QED) is 0.843. The largest absolute Gasteiger partial charge is 0.383 e. The first-order valence-corrected chi connectivity index (χ1v) is 8.91. The van der Waals surface area contributed by atoms with Crippen LogP contribution in [0.3, 0.4) is 0 Å². The molecule has 2 atom stereocenters. The molecule has 7 nitrogen and oxygen atoms in total. The minimum absolute atomic E-state index is 0.0694. The van der Waals surface area contributed by atoms with Gasteiger partial charge in [-0.1, -0.05) is 0 Å². The first-order valence-electron chi connectivity index (χ1n) is 8.91. The fourth-order valence-electron chi connectivity index (χ4n) is 3.81. The van der Waals surface area contributed by atoms with Crippen molar-refractivity contribution in [3.63, 3.8) is 0 Å². The first-order chi connectivity index (χ1) is 11.7. The van der Waals surface area contributed by atoms with Gasteiger partial charge in [0.15, 0.2) is 0 Å². The molecule has 2 saturated heterocycles. The number of carbonyl (C=O) groups excluding carboxylic acids is 1. The maximum Gasteiger partial charge on any atom is 0.317 e. The molecule has 7 heteroatoms. The van der Waals surface area contributed by atoms with Gasteiger partial charge in [-0.25, -0.2) is 4.79 Å². The monoisotopic (exact) mass is 335 g/mol. The molecule has 0 aliphatic carbocycles. The Morgan fingerprint density at radius 3 is 3.04 bits per heavy atom. The number of urea groups is 1. The number of nitrogens with one attached hydrogen (secondary N) is 1. The Morgan fingerprint density at radius 1 is 1.42 bits per heavy atom. The Bertz CT molecular complexity index is 547. The Morgan fingerprint density at radius 2 is 2.29 bits per heavy atom. The molecule has 1 aromatic heterocycles. The van der Waals surface area contributed by atoms with Crippen molar-refractivity contribution in [1.82, 2.24) is 24.9 Å². The van der Waals surface area contributed by atoms with E-state index in [1.54, 1.807) is 7.11 Å².